The number of rotatable bonds is 4. The summed E-state index contributed by atoms with van der Waals surface area (Å²) in [7, 11) is 0. The zero-order valence-electron chi connectivity index (χ0n) is 15.4. The lowest BCUT2D eigenvalue weighted by Crippen LogP contribution is -2.44. The van der Waals surface area contributed by atoms with E-state index in [1.54, 1.807) is 6.20 Å². The summed E-state index contributed by atoms with van der Waals surface area (Å²) in [5.41, 5.74) is 0.643. The molecule has 7 nitrogen and oxygen atoms in total. The lowest BCUT2D eigenvalue weighted by atomic mass is 9.95. The molecule has 2 atom stereocenters. The van der Waals surface area contributed by atoms with E-state index in [2.05, 4.69) is 25.1 Å². The van der Waals surface area contributed by atoms with Crippen molar-refractivity contribution in [1.29, 1.82) is 0 Å². The summed E-state index contributed by atoms with van der Waals surface area (Å²) < 4.78 is 20.1. The van der Waals surface area contributed by atoms with Gasteiger partial charge in [-0.1, -0.05) is 0 Å². The first-order valence-electron chi connectivity index (χ1n) is 9.83. The van der Waals surface area contributed by atoms with E-state index in [0.717, 1.165) is 62.3 Å². The molecule has 0 amide bonds. The Morgan fingerprint density at radius 3 is 3.04 bits per heavy atom. The van der Waals surface area contributed by atoms with Gasteiger partial charge >= 0.3 is 6.01 Å². The van der Waals surface area contributed by atoms with Gasteiger partial charge in [-0.2, -0.15) is 9.97 Å². The molecule has 2 aromatic rings. The zero-order valence-corrected chi connectivity index (χ0v) is 15.4. The predicted molar refractivity (Wildman–Crippen MR) is 101 cm³/mol. The van der Waals surface area contributed by atoms with Crippen LogP contribution in [0.2, 0.25) is 0 Å². The Morgan fingerprint density at radius 1 is 1.26 bits per heavy atom. The number of nitrogens with one attached hydrogen (secondary N) is 1. The molecule has 8 heteroatoms. The normalized spacial score (nSPS) is 28.6. The standard InChI is InChI=1S/C19H25FN6O/c20-14-10-19(3-1-7-26(19)12-14)13-27-18-23-16-2-4-22-11-15(16)17(24-18)25-8-5-21-6-9-25/h2,4,11,14,21H,1,3,5-10,12-13H2/t14-,19+/m1/s1. The summed E-state index contributed by atoms with van der Waals surface area (Å²) >= 11 is 0. The van der Waals surface area contributed by atoms with Gasteiger partial charge < -0.3 is 15.0 Å². The van der Waals surface area contributed by atoms with Crippen molar-refractivity contribution in [2.24, 2.45) is 0 Å². The quantitative estimate of drug-likeness (QED) is 0.870. The Kier molecular flexibility index (Phi) is 4.32. The summed E-state index contributed by atoms with van der Waals surface area (Å²) in [6.45, 7) is 5.57. The smallest absolute Gasteiger partial charge is 0.319 e. The van der Waals surface area contributed by atoms with Crippen LogP contribution in [0.5, 0.6) is 6.01 Å². The molecule has 0 spiro atoms. The van der Waals surface area contributed by atoms with Gasteiger partial charge in [0.15, 0.2) is 0 Å². The van der Waals surface area contributed by atoms with Crippen LogP contribution in [0.3, 0.4) is 0 Å². The third-order valence-electron chi connectivity index (χ3n) is 6.10. The second-order valence-electron chi connectivity index (χ2n) is 7.82. The molecule has 3 fully saturated rings. The maximum atomic E-state index is 14.0. The Hall–Kier alpha value is -2.06. The van der Waals surface area contributed by atoms with Crippen molar-refractivity contribution in [1.82, 2.24) is 25.2 Å². The van der Waals surface area contributed by atoms with E-state index in [0.29, 0.717) is 25.6 Å². The molecule has 0 aliphatic carbocycles. The van der Waals surface area contributed by atoms with E-state index in [1.165, 1.54) is 0 Å². The highest BCUT2D eigenvalue weighted by Crippen LogP contribution is 2.40. The molecular formula is C19H25FN6O. The van der Waals surface area contributed by atoms with Crippen molar-refractivity contribution in [2.45, 2.75) is 31.0 Å². The number of pyridine rings is 1. The van der Waals surface area contributed by atoms with Gasteiger partial charge in [0, 0.05) is 51.5 Å². The Morgan fingerprint density at radius 2 is 2.15 bits per heavy atom. The molecule has 3 aliphatic heterocycles. The average Bonchev–Trinajstić information content (AvgIpc) is 3.22. The van der Waals surface area contributed by atoms with Crippen LogP contribution in [0, 0.1) is 0 Å². The van der Waals surface area contributed by atoms with E-state index < -0.39 is 6.17 Å². The molecule has 3 aliphatic rings. The van der Waals surface area contributed by atoms with Crippen LogP contribution in [0.15, 0.2) is 18.5 Å². The Bertz CT molecular complexity index is 829. The molecule has 0 aromatic carbocycles. The molecule has 0 radical (unpaired) electrons. The van der Waals surface area contributed by atoms with Crippen molar-refractivity contribution in [2.75, 3.05) is 50.8 Å². The Balaban J connectivity index is 1.43. The molecule has 5 rings (SSSR count). The van der Waals surface area contributed by atoms with E-state index in [-0.39, 0.29) is 5.54 Å². The van der Waals surface area contributed by atoms with Crippen molar-refractivity contribution in [3.63, 3.8) is 0 Å². The lowest BCUT2D eigenvalue weighted by molar-refractivity contribution is 0.107. The molecule has 1 N–H and O–H groups in total. The summed E-state index contributed by atoms with van der Waals surface area (Å²) in [4.78, 5) is 18.1. The summed E-state index contributed by atoms with van der Waals surface area (Å²) in [5, 5.41) is 4.31. The van der Waals surface area contributed by atoms with E-state index in [1.807, 2.05) is 12.3 Å². The van der Waals surface area contributed by atoms with Gasteiger partial charge in [0.25, 0.3) is 0 Å². The molecule has 5 heterocycles. The van der Waals surface area contributed by atoms with Crippen LogP contribution in [0.4, 0.5) is 10.2 Å². The van der Waals surface area contributed by atoms with Crippen molar-refractivity contribution in [3.8, 4) is 6.01 Å². The highest BCUT2D eigenvalue weighted by atomic mass is 19.1. The summed E-state index contributed by atoms with van der Waals surface area (Å²) in [5.74, 6) is 0.875. The third kappa shape index (κ3) is 3.10. The van der Waals surface area contributed by atoms with Crippen LogP contribution >= 0.6 is 0 Å². The number of ether oxygens (including phenoxy) is 1. The number of piperazine rings is 1. The van der Waals surface area contributed by atoms with Gasteiger partial charge in [0.1, 0.15) is 18.6 Å². The maximum absolute atomic E-state index is 14.0. The largest absolute Gasteiger partial charge is 0.461 e. The minimum atomic E-state index is -0.756. The van der Waals surface area contributed by atoms with Crippen LogP contribution in [-0.4, -0.2) is 77.4 Å². The summed E-state index contributed by atoms with van der Waals surface area (Å²) in [6, 6.07) is 2.27. The first-order chi connectivity index (χ1) is 13.2. The van der Waals surface area contributed by atoms with Gasteiger partial charge in [0.05, 0.1) is 16.4 Å². The number of halogens is 1. The number of hydrogen-bond acceptors (Lipinski definition) is 7. The molecule has 0 bridgehead atoms. The van der Waals surface area contributed by atoms with Crippen molar-refractivity contribution in [3.05, 3.63) is 18.5 Å². The average molecular weight is 372 g/mol. The molecule has 3 saturated heterocycles. The van der Waals surface area contributed by atoms with E-state index in [4.69, 9.17) is 9.72 Å². The maximum Gasteiger partial charge on any atom is 0.319 e. The molecule has 27 heavy (non-hydrogen) atoms. The Labute approximate surface area is 157 Å². The monoisotopic (exact) mass is 372 g/mol. The van der Waals surface area contributed by atoms with Crippen LogP contribution < -0.4 is 15.0 Å². The predicted octanol–water partition coefficient (Wildman–Crippen LogP) is 1.39. The summed E-state index contributed by atoms with van der Waals surface area (Å²) in [6.07, 6.45) is 5.44. The van der Waals surface area contributed by atoms with Crippen LogP contribution in [-0.2, 0) is 0 Å². The number of anilines is 1. The first-order valence-corrected chi connectivity index (χ1v) is 9.83. The number of alkyl halides is 1. The van der Waals surface area contributed by atoms with Crippen molar-refractivity contribution >= 4 is 16.7 Å². The number of hydrogen-bond donors (Lipinski definition) is 1. The highest BCUT2D eigenvalue weighted by Gasteiger charge is 2.49. The fraction of sp³-hybridized carbons (Fsp3) is 0.632. The van der Waals surface area contributed by atoms with Gasteiger partial charge in [0.2, 0.25) is 0 Å². The molecular weight excluding hydrogens is 347 g/mol. The second-order valence-corrected chi connectivity index (χ2v) is 7.82. The topological polar surface area (TPSA) is 66.4 Å². The van der Waals surface area contributed by atoms with Crippen molar-refractivity contribution < 1.29 is 9.13 Å². The third-order valence-corrected chi connectivity index (χ3v) is 6.10. The second kappa shape index (κ2) is 6.83. The fourth-order valence-corrected chi connectivity index (χ4v) is 4.77. The molecule has 144 valence electrons. The molecule has 0 unspecified atom stereocenters. The van der Waals surface area contributed by atoms with Gasteiger partial charge in [-0.3, -0.25) is 9.88 Å². The van der Waals surface area contributed by atoms with Gasteiger partial charge in [-0.15, -0.1) is 0 Å². The number of aromatic nitrogens is 3. The zero-order chi connectivity index (χ0) is 18.3. The SMILES string of the molecule is F[C@H]1CN2CCC[C@@]2(COc2nc(N3CCNCC3)c3cnccc3n2)C1. The van der Waals surface area contributed by atoms with Crippen LogP contribution in [0.1, 0.15) is 19.3 Å². The number of fused-ring (bicyclic) bond motifs is 2. The van der Waals surface area contributed by atoms with Gasteiger partial charge in [-0.05, 0) is 25.5 Å². The first kappa shape index (κ1) is 17.1. The minimum absolute atomic E-state index is 0.189. The lowest BCUT2D eigenvalue weighted by Gasteiger charge is -2.31. The van der Waals surface area contributed by atoms with E-state index in [9.17, 15) is 4.39 Å². The van der Waals surface area contributed by atoms with Gasteiger partial charge in [-0.25, -0.2) is 4.39 Å². The molecule has 0 saturated carbocycles. The number of nitrogens with zero attached hydrogens (tertiary/aromatic N) is 5. The molecule has 2 aromatic heterocycles. The minimum Gasteiger partial charge on any atom is -0.461 e. The fourth-order valence-electron chi connectivity index (χ4n) is 4.77. The van der Waals surface area contributed by atoms with Crippen LogP contribution in [0.25, 0.3) is 10.9 Å². The highest BCUT2D eigenvalue weighted by molar-refractivity contribution is 5.89. The van der Waals surface area contributed by atoms with E-state index >= 15 is 0 Å².